The minimum atomic E-state index is 0.123. The van der Waals surface area contributed by atoms with Crippen LogP contribution in [0.4, 0.5) is 0 Å². The lowest BCUT2D eigenvalue weighted by molar-refractivity contribution is 0.425. The maximum atomic E-state index is 6.18. The van der Waals surface area contributed by atoms with Crippen LogP contribution in [0.2, 0.25) is 5.02 Å². The Morgan fingerprint density at radius 2 is 2.18 bits per heavy atom. The zero-order valence-electron chi connectivity index (χ0n) is 9.19. The first-order valence-electron chi connectivity index (χ1n) is 5.58. The van der Waals surface area contributed by atoms with Crippen molar-refractivity contribution < 1.29 is 0 Å². The van der Waals surface area contributed by atoms with Gasteiger partial charge < -0.3 is 0 Å². The first-order valence-corrected chi connectivity index (χ1v) is 6.84. The Kier molecular flexibility index (Phi) is 2.92. The van der Waals surface area contributed by atoms with Crippen LogP contribution >= 0.6 is 22.9 Å². The summed E-state index contributed by atoms with van der Waals surface area (Å²) in [6.45, 7) is 0. The molecule has 0 fully saturated rings. The number of thiophene rings is 1. The molecule has 1 heterocycles. The summed E-state index contributed by atoms with van der Waals surface area (Å²) in [6.07, 6.45) is 1.07. The number of nitrogens with two attached hydrogens (primary N) is 1. The Bertz CT molecular complexity index is 538. The summed E-state index contributed by atoms with van der Waals surface area (Å²) < 4.78 is 0. The van der Waals surface area contributed by atoms with E-state index in [1.807, 2.05) is 11.4 Å². The van der Waals surface area contributed by atoms with Crippen LogP contribution in [0.5, 0.6) is 0 Å². The second-order valence-electron chi connectivity index (χ2n) is 4.29. The third kappa shape index (κ3) is 1.79. The molecule has 2 aromatic rings. The quantitative estimate of drug-likeness (QED) is 0.660. The summed E-state index contributed by atoms with van der Waals surface area (Å²) >= 11 is 7.84. The van der Waals surface area contributed by atoms with Gasteiger partial charge in [0.05, 0.1) is 11.1 Å². The summed E-state index contributed by atoms with van der Waals surface area (Å²) in [5, 5.41) is 2.81. The van der Waals surface area contributed by atoms with E-state index in [0.29, 0.717) is 5.92 Å². The minimum absolute atomic E-state index is 0.123. The largest absolute Gasteiger partial charge is 0.271 e. The third-order valence-electron chi connectivity index (χ3n) is 3.40. The number of benzene rings is 1. The number of halogens is 1. The van der Waals surface area contributed by atoms with Crippen LogP contribution in [0.15, 0.2) is 35.7 Å². The lowest BCUT2D eigenvalue weighted by atomic mass is 9.73. The number of nitrogens with one attached hydrogen (secondary N) is 1. The fraction of sp³-hybridized carbons (Fsp3) is 0.231. The van der Waals surface area contributed by atoms with E-state index in [-0.39, 0.29) is 6.04 Å². The second-order valence-corrected chi connectivity index (χ2v) is 5.64. The van der Waals surface area contributed by atoms with Crippen LogP contribution < -0.4 is 11.3 Å². The van der Waals surface area contributed by atoms with Crippen molar-refractivity contribution in [3.05, 3.63) is 56.7 Å². The van der Waals surface area contributed by atoms with Crippen molar-refractivity contribution in [3.63, 3.8) is 0 Å². The van der Waals surface area contributed by atoms with E-state index in [2.05, 4.69) is 29.7 Å². The molecule has 1 aromatic carbocycles. The Morgan fingerprint density at radius 1 is 1.35 bits per heavy atom. The molecule has 0 bridgehead atoms. The van der Waals surface area contributed by atoms with E-state index in [4.69, 9.17) is 17.4 Å². The average Bonchev–Trinajstić information content (AvgIpc) is 2.72. The van der Waals surface area contributed by atoms with Gasteiger partial charge in [-0.25, -0.2) is 0 Å². The number of hydrazine groups is 1. The molecule has 0 saturated carbocycles. The van der Waals surface area contributed by atoms with Crippen molar-refractivity contribution in [1.29, 1.82) is 0 Å². The normalized spacial score (nSPS) is 19.5. The van der Waals surface area contributed by atoms with Crippen LogP contribution in [-0.4, -0.2) is 0 Å². The molecule has 1 aliphatic carbocycles. The monoisotopic (exact) mass is 264 g/mol. The summed E-state index contributed by atoms with van der Waals surface area (Å²) in [4.78, 5) is 1.13. The summed E-state index contributed by atoms with van der Waals surface area (Å²) in [6, 6.07) is 10.6. The van der Waals surface area contributed by atoms with Crippen LogP contribution in [0.25, 0.3) is 0 Å². The summed E-state index contributed by atoms with van der Waals surface area (Å²) in [7, 11) is 0. The van der Waals surface area contributed by atoms with Crippen molar-refractivity contribution in [2.45, 2.75) is 18.4 Å². The third-order valence-corrected chi connectivity index (χ3v) is 4.85. The Balaban J connectivity index is 1.93. The average molecular weight is 265 g/mol. The Morgan fingerprint density at radius 3 is 2.82 bits per heavy atom. The highest BCUT2D eigenvalue weighted by Gasteiger charge is 2.34. The molecule has 0 amide bonds. The molecular formula is C13H13ClN2S. The predicted octanol–water partition coefficient (Wildman–Crippen LogP) is 3.25. The van der Waals surface area contributed by atoms with E-state index < -0.39 is 0 Å². The highest BCUT2D eigenvalue weighted by Crippen LogP contribution is 2.45. The van der Waals surface area contributed by atoms with Gasteiger partial charge in [-0.3, -0.25) is 11.3 Å². The molecule has 0 aliphatic heterocycles. The van der Waals surface area contributed by atoms with Gasteiger partial charge in [0.1, 0.15) is 0 Å². The van der Waals surface area contributed by atoms with Gasteiger partial charge in [0.25, 0.3) is 0 Å². The molecular weight excluding hydrogens is 252 g/mol. The fourth-order valence-corrected chi connectivity index (χ4v) is 3.80. The molecule has 1 aromatic heterocycles. The van der Waals surface area contributed by atoms with Crippen molar-refractivity contribution in [3.8, 4) is 0 Å². The molecule has 0 radical (unpaired) electrons. The summed E-state index contributed by atoms with van der Waals surface area (Å²) in [5.41, 5.74) is 5.72. The fourth-order valence-electron chi connectivity index (χ4n) is 2.50. The van der Waals surface area contributed by atoms with Crippen molar-refractivity contribution in [2.75, 3.05) is 0 Å². The molecule has 0 spiro atoms. The van der Waals surface area contributed by atoms with Crippen LogP contribution in [0.1, 0.15) is 28.0 Å². The van der Waals surface area contributed by atoms with E-state index in [1.54, 1.807) is 11.3 Å². The van der Waals surface area contributed by atoms with Gasteiger partial charge in [-0.1, -0.05) is 35.9 Å². The molecule has 4 heteroatoms. The standard InChI is InChI=1S/C13H13ClN2S/c14-11-5-6-17-13(11)12(16-15)10-7-8-3-1-2-4-9(8)10/h1-6,10,12,16H,7,15H2. The predicted molar refractivity (Wildman–Crippen MR) is 72.3 cm³/mol. The highest BCUT2D eigenvalue weighted by molar-refractivity contribution is 7.10. The van der Waals surface area contributed by atoms with Crippen molar-refractivity contribution >= 4 is 22.9 Å². The molecule has 2 unspecified atom stereocenters. The summed E-state index contributed by atoms with van der Waals surface area (Å²) in [5.74, 6) is 6.14. The molecule has 3 N–H and O–H groups in total. The molecule has 1 aliphatic rings. The lowest BCUT2D eigenvalue weighted by Gasteiger charge is -2.36. The van der Waals surface area contributed by atoms with Crippen LogP contribution in [-0.2, 0) is 6.42 Å². The van der Waals surface area contributed by atoms with Crippen LogP contribution in [0.3, 0.4) is 0 Å². The van der Waals surface area contributed by atoms with Gasteiger partial charge in [-0.05, 0) is 29.0 Å². The van der Waals surface area contributed by atoms with Gasteiger partial charge in [0, 0.05) is 10.8 Å². The molecule has 2 atom stereocenters. The van der Waals surface area contributed by atoms with E-state index in [0.717, 1.165) is 16.3 Å². The van der Waals surface area contributed by atoms with E-state index >= 15 is 0 Å². The highest BCUT2D eigenvalue weighted by atomic mass is 35.5. The smallest absolute Gasteiger partial charge is 0.0639 e. The zero-order chi connectivity index (χ0) is 11.8. The zero-order valence-corrected chi connectivity index (χ0v) is 10.8. The van der Waals surface area contributed by atoms with E-state index in [9.17, 15) is 0 Å². The Labute approximate surface area is 109 Å². The van der Waals surface area contributed by atoms with E-state index in [1.165, 1.54) is 11.1 Å². The van der Waals surface area contributed by atoms with Gasteiger partial charge in [-0.15, -0.1) is 11.3 Å². The maximum Gasteiger partial charge on any atom is 0.0639 e. The van der Waals surface area contributed by atoms with Gasteiger partial charge in [-0.2, -0.15) is 0 Å². The van der Waals surface area contributed by atoms with Crippen molar-refractivity contribution in [2.24, 2.45) is 5.84 Å². The Hall–Kier alpha value is -0.870. The SMILES string of the molecule is NNC(c1sccc1Cl)C1Cc2ccccc21. The number of fused-ring (bicyclic) bond motifs is 1. The number of rotatable bonds is 3. The maximum absolute atomic E-state index is 6.18. The van der Waals surface area contributed by atoms with Gasteiger partial charge in [0.15, 0.2) is 0 Å². The first-order chi connectivity index (χ1) is 8.31. The molecule has 0 saturated heterocycles. The van der Waals surface area contributed by atoms with Gasteiger partial charge in [0.2, 0.25) is 0 Å². The van der Waals surface area contributed by atoms with Crippen LogP contribution in [0, 0.1) is 0 Å². The van der Waals surface area contributed by atoms with Gasteiger partial charge >= 0.3 is 0 Å². The second kappa shape index (κ2) is 4.42. The minimum Gasteiger partial charge on any atom is -0.271 e. The molecule has 17 heavy (non-hydrogen) atoms. The number of hydrogen-bond donors (Lipinski definition) is 2. The lowest BCUT2D eigenvalue weighted by Crippen LogP contribution is -2.36. The molecule has 88 valence electrons. The molecule has 2 nitrogen and oxygen atoms in total. The first kappa shape index (κ1) is 11.2. The molecule has 3 rings (SSSR count). The topological polar surface area (TPSA) is 38.0 Å². The van der Waals surface area contributed by atoms with Crippen molar-refractivity contribution in [1.82, 2.24) is 5.43 Å². The number of hydrogen-bond acceptors (Lipinski definition) is 3.